The van der Waals surface area contributed by atoms with Gasteiger partial charge in [-0.3, -0.25) is 9.69 Å². The summed E-state index contributed by atoms with van der Waals surface area (Å²) in [6.45, 7) is 0.0962. The molecule has 0 radical (unpaired) electrons. The Labute approximate surface area is 100 Å². The predicted molar refractivity (Wildman–Crippen MR) is 63.9 cm³/mol. The Balaban J connectivity index is 2.47. The van der Waals surface area contributed by atoms with E-state index in [1.165, 1.54) is 0 Å². The summed E-state index contributed by atoms with van der Waals surface area (Å²) in [5, 5.41) is 8.81. The fourth-order valence-electron chi connectivity index (χ4n) is 2.08. The SMILES string of the molecule is COc1ccc2c(c1)N(CC#N)C(=O)CCC2. The van der Waals surface area contributed by atoms with Crippen LogP contribution in [0, 0.1) is 11.3 Å². The van der Waals surface area contributed by atoms with Crippen LogP contribution in [0.3, 0.4) is 0 Å². The van der Waals surface area contributed by atoms with Crippen LogP contribution in [-0.2, 0) is 11.2 Å². The van der Waals surface area contributed by atoms with E-state index in [1.54, 1.807) is 12.0 Å². The van der Waals surface area contributed by atoms with Crippen LogP contribution in [0.4, 0.5) is 5.69 Å². The molecule has 4 nitrogen and oxygen atoms in total. The molecule has 0 bridgehead atoms. The van der Waals surface area contributed by atoms with Crippen molar-refractivity contribution >= 4 is 11.6 Å². The molecule has 0 aliphatic carbocycles. The van der Waals surface area contributed by atoms with Gasteiger partial charge >= 0.3 is 0 Å². The summed E-state index contributed by atoms with van der Waals surface area (Å²) in [5.41, 5.74) is 1.92. The van der Waals surface area contributed by atoms with Gasteiger partial charge in [-0.2, -0.15) is 5.26 Å². The number of carbonyl (C=O) groups is 1. The van der Waals surface area contributed by atoms with E-state index < -0.39 is 0 Å². The van der Waals surface area contributed by atoms with E-state index in [0.29, 0.717) is 12.2 Å². The van der Waals surface area contributed by atoms with Crippen LogP contribution in [0.25, 0.3) is 0 Å². The molecule has 0 aromatic heterocycles. The third-order valence-electron chi connectivity index (χ3n) is 2.95. The van der Waals surface area contributed by atoms with Gasteiger partial charge in [0.2, 0.25) is 5.91 Å². The van der Waals surface area contributed by atoms with Crippen LogP contribution >= 0.6 is 0 Å². The highest BCUT2D eigenvalue weighted by Gasteiger charge is 2.22. The van der Waals surface area contributed by atoms with E-state index in [2.05, 4.69) is 0 Å². The average molecular weight is 230 g/mol. The van der Waals surface area contributed by atoms with E-state index in [4.69, 9.17) is 10.00 Å². The third-order valence-corrected chi connectivity index (χ3v) is 2.95. The molecule has 1 heterocycles. The Morgan fingerprint density at radius 3 is 3.00 bits per heavy atom. The van der Waals surface area contributed by atoms with Gasteiger partial charge in [-0.1, -0.05) is 6.07 Å². The molecule has 0 N–H and O–H groups in total. The molecule has 0 atom stereocenters. The summed E-state index contributed by atoms with van der Waals surface area (Å²) >= 11 is 0. The van der Waals surface area contributed by atoms with Crippen LogP contribution in [-0.4, -0.2) is 19.6 Å². The maximum Gasteiger partial charge on any atom is 0.227 e. The van der Waals surface area contributed by atoms with E-state index in [-0.39, 0.29) is 12.5 Å². The highest BCUT2D eigenvalue weighted by atomic mass is 16.5. The number of fused-ring (bicyclic) bond motifs is 1. The summed E-state index contributed by atoms with van der Waals surface area (Å²) in [6.07, 6.45) is 2.20. The average Bonchev–Trinajstić information content (AvgIpc) is 2.50. The number of benzene rings is 1. The van der Waals surface area contributed by atoms with Crippen molar-refractivity contribution in [3.63, 3.8) is 0 Å². The van der Waals surface area contributed by atoms with Gasteiger partial charge in [0, 0.05) is 12.5 Å². The zero-order valence-corrected chi connectivity index (χ0v) is 9.77. The van der Waals surface area contributed by atoms with Gasteiger partial charge in [0.15, 0.2) is 0 Å². The van der Waals surface area contributed by atoms with Crippen molar-refractivity contribution in [2.45, 2.75) is 19.3 Å². The van der Waals surface area contributed by atoms with Crippen molar-refractivity contribution in [1.29, 1.82) is 5.26 Å². The topological polar surface area (TPSA) is 53.3 Å². The first-order valence-corrected chi connectivity index (χ1v) is 5.60. The number of amides is 1. The number of aryl methyl sites for hydroxylation is 1. The second kappa shape index (κ2) is 4.88. The van der Waals surface area contributed by atoms with Gasteiger partial charge in [0.1, 0.15) is 12.3 Å². The van der Waals surface area contributed by atoms with Crippen molar-refractivity contribution in [3.05, 3.63) is 23.8 Å². The fraction of sp³-hybridized carbons (Fsp3) is 0.385. The lowest BCUT2D eigenvalue weighted by Gasteiger charge is -2.20. The van der Waals surface area contributed by atoms with Gasteiger partial charge in [-0.05, 0) is 24.5 Å². The molecule has 0 saturated heterocycles. The maximum atomic E-state index is 11.9. The van der Waals surface area contributed by atoms with Crippen molar-refractivity contribution in [2.75, 3.05) is 18.6 Å². The molecule has 1 amide bonds. The van der Waals surface area contributed by atoms with Crippen molar-refractivity contribution in [3.8, 4) is 11.8 Å². The molecular weight excluding hydrogens is 216 g/mol. The molecule has 0 saturated carbocycles. The molecule has 88 valence electrons. The molecule has 0 fully saturated rings. The van der Waals surface area contributed by atoms with Crippen LogP contribution in [0.15, 0.2) is 18.2 Å². The first kappa shape index (κ1) is 11.5. The van der Waals surface area contributed by atoms with Gasteiger partial charge < -0.3 is 4.74 Å². The molecule has 17 heavy (non-hydrogen) atoms. The van der Waals surface area contributed by atoms with Crippen molar-refractivity contribution in [1.82, 2.24) is 0 Å². The smallest absolute Gasteiger partial charge is 0.227 e. The first-order chi connectivity index (χ1) is 8.26. The number of nitrogens with zero attached hydrogens (tertiary/aromatic N) is 2. The highest BCUT2D eigenvalue weighted by molar-refractivity contribution is 5.95. The third kappa shape index (κ3) is 2.23. The Hall–Kier alpha value is -2.02. The second-order valence-electron chi connectivity index (χ2n) is 3.99. The number of nitriles is 1. The monoisotopic (exact) mass is 230 g/mol. The summed E-state index contributed by atoms with van der Waals surface area (Å²) in [4.78, 5) is 13.4. The minimum Gasteiger partial charge on any atom is -0.497 e. The zero-order valence-electron chi connectivity index (χ0n) is 9.77. The first-order valence-electron chi connectivity index (χ1n) is 5.60. The summed E-state index contributed by atoms with van der Waals surface area (Å²) in [6, 6.07) is 7.72. The Bertz CT molecular complexity index is 477. The lowest BCUT2D eigenvalue weighted by molar-refractivity contribution is -0.118. The van der Waals surface area contributed by atoms with E-state index in [1.807, 2.05) is 24.3 Å². The number of carbonyl (C=O) groups excluding carboxylic acids is 1. The molecule has 0 unspecified atom stereocenters. The normalized spacial score (nSPS) is 14.8. The number of hydrogen-bond donors (Lipinski definition) is 0. The lowest BCUT2D eigenvalue weighted by Crippen LogP contribution is -2.30. The quantitative estimate of drug-likeness (QED) is 0.729. The Kier molecular flexibility index (Phi) is 3.29. The number of rotatable bonds is 2. The maximum absolute atomic E-state index is 11.9. The van der Waals surface area contributed by atoms with Crippen LogP contribution in [0.5, 0.6) is 5.75 Å². The molecule has 4 heteroatoms. The van der Waals surface area contributed by atoms with Gasteiger partial charge in [0.25, 0.3) is 0 Å². The standard InChI is InChI=1S/C13H14N2O2/c1-17-11-6-5-10-3-2-4-13(16)15(8-7-14)12(10)9-11/h5-6,9H,2-4,8H2,1H3. The molecular formula is C13H14N2O2. The largest absolute Gasteiger partial charge is 0.497 e. The highest BCUT2D eigenvalue weighted by Crippen LogP contribution is 2.30. The summed E-state index contributed by atoms with van der Waals surface area (Å²) < 4.78 is 5.16. The predicted octanol–water partition coefficient (Wildman–Crippen LogP) is 1.89. The number of methoxy groups -OCH3 is 1. The van der Waals surface area contributed by atoms with E-state index in [0.717, 1.165) is 24.1 Å². The molecule has 1 aromatic carbocycles. The van der Waals surface area contributed by atoms with Crippen molar-refractivity contribution < 1.29 is 9.53 Å². The molecule has 2 rings (SSSR count). The molecule has 1 aromatic rings. The Morgan fingerprint density at radius 1 is 1.47 bits per heavy atom. The molecule has 1 aliphatic heterocycles. The number of anilines is 1. The number of ether oxygens (including phenoxy) is 1. The lowest BCUT2D eigenvalue weighted by atomic mass is 10.1. The van der Waals surface area contributed by atoms with Gasteiger partial charge in [0.05, 0.1) is 18.9 Å². The summed E-state index contributed by atoms with van der Waals surface area (Å²) in [5.74, 6) is 0.722. The summed E-state index contributed by atoms with van der Waals surface area (Å²) in [7, 11) is 1.59. The van der Waals surface area contributed by atoms with E-state index >= 15 is 0 Å². The minimum atomic E-state index is 0.0125. The van der Waals surface area contributed by atoms with Gasteiger partial charge in [-0.15, -0.1) is 0 Å². The van der Waals surface area contributed by atoms with Crippen LogP contribution in [0.1, 0.15) is 18.4 Å². The molecule has 0 spiro atoms. The molecule has 1 aliphatic rings. The van der Waals surface area contributed by atoms with Crippen molar-refractivity contribution in [2.24, 2.45) is 0 Å². The Morgan fingerprint density at radius 2 is 2.29 bits per heavy atom. The van der Waals surface area contributed by atoms with Crippen LogP contribution in [0.2, 0.25) is 0 Å². The fourth-order valence-corrected chi connectivity index (χ4v) is 2.08. The van der Waals surface area contributed by atoms with Gasteiger partial charge in [-0.25, -0.2) is 0 Å². The minimum absolute atomic E-state index is 0.0125. The number of hydrogen-bond acceptors (Lipinski definition) is 3. The van der Waals surface area contributed by atoms with Crippen LogP contribution < -0.4 is 9.64 Å². The zero-order chi connectivity index (χ0) is 12.3. The second-order valence-corrected chi connectivity index (χ2v) is 3.99. The van der Waals surface area contributed by atoms with E-state index in [9.17, 15) is 4.79 Å².